The van der Waals surface area contributed by atoms with Crippen molar-refractivity contribution < 1.29 is 43.5 Å². The summed E-state index contributed by atoms with van der Waals surface area (Å²) in [5.41, 5.74) is 7.51. The van der Waals surface area contributed by atoms with E-state index in [0.29, 0.717) is 38.9 Å². The predicted molar refractivity (Wildman–Crippen MR) is 234 cm³/mol. The second-order valence-corrected chi connectivity index (χ2v) is 15.1. The summed E-state index contributed by atoms with van der Waals surface area (Å²) in [5.74, 6) is -1.53. The van der Waals surface area contributed by atoms with Gasteiger partial charge in [-0.05, 0) is 144 Å². The molecule has 0 saturated heterocycles. The van der Waals surface area contributed by atoms with Gasteiger partial charge in [0.2, 0.25) is 0 Å². The molecule has 320 valence electrons. The van der Waals surface area contributed by atoms with Crippen LogP contribution in [0.3, 0.4) is 0 Å². The van der Waals surface area contributed by atoms with Crippen LogP contribution in [0.25, 0.3) is 0 Å². The molecule has 4 amide bonds. The fourth-order valence-corrected chi connectivity index (χ4v) is 5.39. The zero-order valence-electron chi connectivity index (χ0n) is 37.4. The monoisotopic (exact) mass is 822 g/mol. The summed E-state index contributed by atoms with van der Waals surface area (Å²) >= 11 is 0. The Balaban J connectivity index is 0.000000400. The topological polar surface area (TPSA) is 170 Å². The van der Waals surface area contributed by atoms with E-state index in [1.165, 1.54) is 52.5 Å². The molecule has 0 saturated carbocycles. The summed E-state index contributed by atoms with van der Waals surface area (Å²) in [4.78, 5) is 97.0. The molecule has 0 aromatic heterocycles. The standard InChI is InChI=1S/3C12H15NO2.C11H13NO3/c3*1-8-5-10(9(2)14)7-11(6-8)12(15)13(3)4;1-7-4-8(10(13)12(2)3)6-9(5-7)11(14)15/h3*5-7H,1-4H3;4-6H,1-3H3,(H,14,15). The van der Waals surface area contributed by atoms with Crippen molar-refractivity contribution >= 4 is 46.9 Å². The minimum atomic E-state index is -1.02. The lowest BCUT2D eigenvalue weighted by Gasteiger charge is -2.11. The molecular formula is C47H58N4O9. The van der Waals surface area contributed by atoms with Crippen molar-refractivity contribution in [3.63, 3.8) is 0 Å². The first-order valence-corrected chi connectivity index (χ1v) is 18.8. The van der Waals surface area contributed by atoms with E-state index >= 15 is 0 Å². The van der Waals surface area contributed by atoms with Gasteiger partial charge in [-0.25, -0.2) is 4.79 Å². The fourth-order valence-electron chi connectivity index (χ4n) is 5.39. The van der Waals surface area contributed by atoms with Crippen molar-refractivity contribution in [2.75, 3.05) is 56.4 Å². The van der Waals surface area contributed by atoms with Crippen molar-refractivity contribution in [3.05, 3.63) is 140 Å². The Hall–Kier alpha value is -6.76. The Labute approximate surface area is 353 Å². The van der Waals surface area contributed by atoms with E-state index in [0.717, 1.165) is 22.3 Å². The number of amides is 4. The van der Waals surface area contributed by atoms with Gasteiger partial charge in [0.1, 0.15) is 0 Å². The van der Waals surface area contributed by atoms with Gasteiger partial charge in [-0.2, -0.15) is 0 Å². The van der Waals surface area contributed by atoms with Crippen LogP contribution in [0.1, 0.15) is 126 Å². The van der Waals surface area contributed by atoms with Crippen LogP contribution >= 0.6 is 0 Å². The third kappa shape index (κ3) is 16.2. The summed E-state index contributed by atoms with van der Waals surface area (Å²) < 4.78 is 0. The SMILES string of the molecule is CC(=O)c1cc(C)cc(C(=O)N(C)C)c1.CC(=O)c1cc(C)cc(C(=O)N(C)C)c1.CC(=O)c1cc(C)cc(C(=O)N(C)C)c1.Cc1cc(C(=O)O)cc(C(=O)N(C)C)c1. The second kappa shape index (κ2) is 23.0. The second-order valence-electron chi connectivity index (χ2n) is 15.1. The molecule has 4 rings (SSSR count). The number of carbonyl (C=O) groups excluding carboxylic acids is 7. The van der Waals surface area contributed by atoms with E-state index < -0.39 is 5.97 Å². The number of carboxylic acids is 1. The molecule has 0 aliphatic heterocycles. The first-order chi connectivity index (χ1) is 27.7. The average molecular weight is 823 g/mol. The molecule has 0 unspecified atom stereocenters. The van der Waals surface area contributed by atoms with E-state index in [2.05, 4.69) is 0 Å². The van der Waals surface area contributed by atoms with Crippen molar-refractivity contribution in [2.45, 2.75) is 48.5 Å². The first-order valence-electron chi connectivity index (χ1n) is 18.8. The lowest BCUT2D eigenvalue weighted by molar-refractivity contribution is 0.0694. The number of nitrogens with zero attached hydrogens (tertiary/aromatic N) is 4. The molecule has 0 heterocycles. The van der Waals surface area contributed by atoms with Gasteiger partial charge in [0, 0.05) is 95.3 Å². The van der Waals surface area contributed by atoms with Crippen molar-refractivity contribution in [2.24, 2.45) is 0 Å². The Bertz CT molecular complexity index is 1950. The molecule has 1 N–H and O–H groups in total. The lowest BCUT2D eigenvalue weighted by Crippen LogP contribution is -2.22. The third-order valence-corrected chi connectivity index (χ3v) is 8.39. The van der Waals surface area contributed by atoms with Crippen molar-refractivity contribution in [3.8, 4) is 0 Å². The molecule has 0 radical (unpaired) electrons. The molecule has 0 aliphatic rings. The molecule has 4 aromatic carbocycles. The van der Waals surface area contributed by atoms with Gasteiger partial charge in [-0.1, -0.05) is 0 Å². The van der Waals surface area contributed by atoms with Crippen LogP contribution in [-0.2, 0) is 0 Å². The van der Waals surface area contributed by atoms with Gasteiger partial charge >= 0.3 is 5.97 Å². The first kappa shape index (κ1) is 51.3. The zero-order chi connectivity index (χ0) is 46.3. The number of rotatable bonds is 8. The minimum absolute atomic E-state index is 0.0218. The predicted octanol–water partition coefficient (Wildman–Crippen LogP) is 7.09. The molecule has 0 atom stereocenters. The summed E-state index contributed by atoms with van der Waals surface area (Å²) in [6, 6.07) is 20.2. The number of Topliss-reactive ketones (excluding diaryl/α,β-unsaturated/α-hetero) is 3. The van der Waals surface area contributed by atoms with Gasteiger partial charge in [0.05, 0.1) is 5.56 Å². The molecular weight excluding hydrogens is 765 g/mol. The Kier molecular flexibility index (Phi) is 19.6. The maximum atomic E-state index is 11.7. The van der Waals surface area contributed by atoms with Crippen LogP contribution in [0.4, 0.5) is 0 Å². The lowest BCUT2D eigenvalue weighted by atomic mass is 10.0. The van der Waals surface area contributed by atoms with E-state index in [4.69, 9.17) is 5.11 Å². The largest absolute Gasteiger partial charge is 0.478 e. The normalized spacial score (nSPS) is 9.85. The maximum Gasteiger partial charge on any atom is 0.335 e. The number of carboxylic acid groups (broad SMARTS) is 1. The van der Waals surface area contributed by atoms with Gasteiger partial charge in [0.15, 0.2) is 17.3 Å². The van der Waals surface area contributed by atoms with Crippen LogP contribution in [0.5, 0.6) is 0 Å². The summed E-state index contributed by atoms with van der Waals surface area (Å²) in [6.07, 6.45) is 0. The Morgan fingerprint density at radius 2 is 0.483 bits per heavy atom. The maximum absolute atomic E-state index is 11.7. The van der Waals surface area contributed by atoms with E-state index in [9.17, 15) is 38.4 Å². The van der Waals surface area contributed by atoms with Gasteiger partial charge in [-0.15, -0.1) is 0 Å². The molecule has 4 aromatic rings. The van der Waals surface area contributed by atoms with Crippen LogP contribution < -0.4 is 0 Å². The highest BCUT2D eigenvalue weighted by Crippen LogP contribution is 2.15. The highest BCUT2D eigenvalue weighted by Gasteiger charge is 2.14. The van der Waals surface area contributed by atoms with Crippen molar-refractivity contribution in [1.29, 1.82) is 0 Å². The smallest absolute Gasteiger partial charge is 0.335 e. The summed E-state index contributed by atoms with van der Waals surface area (Å²) in [7, 11) is 13.4. The van der Waals surface area contributed by atoms with Gasteiger partial charge < -0.3 is 24.7 Å². The van der Waals surface area contributed by atoms with E-state index in [1.807, 2.05) is 20.8 Å². The quantitative estimate of drug-likeness (QED) is 0.182. The molecule has 0 bridgehead atoms. The number of hydrogen-bond donors (Lipinski definition) is 1. The number of hydrogen-bond acceptors (Lipinski definition) is 8. The molecule has 60 heavy (non-hydrogen) atoms. The number of aryl methyl sites for hydroxylation is 4. The number of carbonyl (C=O) groups is 8. The number of benzene rings is 4. The van der Waals surface area contributed by atoms with Crippen LogP contribution in [0, 0.1) is 27.7 Å². The summed E-state index contributed by atoms with van der Waals surface area (Å²) in [6.45, 7) is 11.9. The minimum Gasteiger partial charge on any atom is -0.478 e. The fraction of sp³-hybridized carbons (Fsp3) is 0.319. The van der Waals surface area contributed by atoms with Crippen LogP contribution in [-0.4, -0.2) is 128 Å². The van der Waals surface area contributed by atoms with Gasteiger partial charge in [0.25, 0.3) is 23.6 Å². The third-order valence-electron chi connectivity index (χ3n) is 8.39. The van der Waals surface area contributed by atoms with Crippen LogP contribution in [0.2, 0.25) is 0 Å². The molecule has 13 heteroatoms. The molecule has 13 nitrogen and oxygen atoms in total. The van der Waals surface area contributed by atoms with Gasteiger partial charge in [-0.3, -0.25) is 33.6 Å². The summed E-state index contributed by atoms with van der Waals surface area (Å²) in [5, 5.41) is 8.83. The van der Waals surface area contributed by atoms with Crippen LogP contribution in [0.15, 0.2) is 72.8 Å². The zero-order valence-corrected chi connectivity index (χ0v) is 37.4. The molecule has 0 fully saturated rings. The Morgan fingerprint density at radius 1 is 0.317 bits per heavy atom. The Morgan fingerprint density at radius 3 is 0.650 bits per heavy atom. The van der Waals surface area contributed by atoms with E-state index in [1.54, 1.807) is 124 Å². The highest BCUT2D eigenvalue weighted by atomic mass is 16.4. The highest BCUT2D eigenvalue weighted by molar-refractivity contribution is 6.02. The average Bonchev–Trinajstić information content (AvgIpc) is 3.16. The van der Waals surface area contributed by atoms with E-state index in [-0.39, 0.29) is 46.5 Å². The van der Waals surface area contributed by atoms with Crippen molar-refractivity contribution in [1.82, 2.24) is 19.6 Å². The molecule has 0 spiro atoms. The number of aromatic carboxylic acids is 1. The molecule has 0 aliphatic carbocycles. The number of ketones is 3.